The van der Waals surface area contributed by atoms with E-state index in [1.54, 1.807) is 0 Å². The number of rotatable bonds is 8. The first-order valence-corrected chi connectivity index (χ1v) is 7.47. The Morgan fingerprint density at radius 1 is 1.15 bits per heavy atom. The molecule has 0 saturated carbocycles. The number of carbonyl (C=O) groups excluding carboxylic acids is 1. The number of hydrogen-bond donors (Lipinski definition) is 2. The molecule has 0 bridgehead atoms. The molecule has 1 unspecified atom stereocenters. The van der Waals surface area contributed by atoms with E-state index in [4.69, 9.17) is 0 Å². The van der Waals surface area contributed by atoms with Gasteiger partial charge < -0.3 is 15.5 Å². The third-order valence-electron chi connectivity index (χ3n) is 3.33. The average Bonchev–Trinajstić information content (AvgIpc) is 2.45. The van der Waals surface area contributed by atoms with Crippen LogP contribution in [0.1, 0.15) is 38.1 Å². The molecule has 1 atom stereocenters. The van der Waals surface area contributed by atoms with E-state index in [2.05, 4.69) is 36.3 Å². The van der Waals surface area contributed by atoms with Crippen molar-refractivity contribution < 1.29 is 4.79 Å². The Hall–Kier alpha value is -1.55. The van der Waals surface area contributed by atoms with Crippen molar-refractivity contribution in [1.82, 2.24) is 10.2 Å². The molecule has 1 amide bonds. The molecule has 1 aromatic carbocycles. The summed E-state index contributed by atoms with van der Waals surface area (Å²) in [6.45, 7) is 12.1. The summed E-state index contributed by atoms with van der Waals surface area (Å²) in [6, 6.07) is 7.74. The number of carbonyl (C=O) groups is 1. The van der Waals surface area contributed by atoms with Gasteiger partial charge in [0.1, 0.15) is 0 Å². The molecule has 1 aromatic rings. The number of anilines is 1. The fourth-order valence-electron chi connectivity index (χ4n) is 2.17. The quantitative estimate of drug-likeness (QED) is 0.767. The number of likely N-dealkylation sites (N-methyl/N-ethyl adjacent to an activating group) is 1. The second kappa shape index (κ2) is 8.59. The molecule has 0 aliphatic rings. The highest BCUT2D eigenvalue weighted by molar-refractivity contribution is 5.94. The molecule has 0 aromatic heterocycles. The van der Waals surface area contributed by atoms with E-state index in [1.807, 2.05) is 31.2 Å². The van der Waals surface area contributed by atoms with Crippen LogP contribution in [0.2, 0.25) is 0 Å². The second-order valence-corrected chi connectivity index (χ2v) is 4.97. The van der Waals surface area contributed by atoms with Crippen LogP contribution >= 0.6 is 0 Å². The van der Waals surface area contributed by atoms with E-state index in [0.29, 0.717) is 5.56 Å². The van der Waals surface area contributed by atoms with Crippen molar-refractivity contribution in [2.24, 2.45) is 0 Å². The predicted octanol–water partition coefficient (Wildman–Crippen LogP) is 2.58. The summed E-state index contributed by atoms with van der Waals surface area (Å²) in [6.07, 6.45) is 0. The van der Waals surface area contributed by atoms with Crippen molar-refractivity contribution in [3.63, 3.8) is 0 Å². The average molecular weight is 277 g/mol. The number of nitrogens with one attached hydrogen (secondary N) is 2. The fourth-order valence-corrected chi connectivity index (χ4v) is 2.17. The van der Waals surface area contributed by atoms with Crippen LogP contribution in [0.25, 0.3) is 0 Å². The highest BCUT2D eigenvalue weighted by Gasteiger charge is 2.11. The molecule has 0 saturated heterocycles. The van der Waals surface area contributed by atoms with Gasteiger partial charge in [-0.25, -0.2) is 0 Å². The standard InChI is InChI=1S/C16H27N3O/c1-5-17-15-10-8-14(9-11-15)16(20)18-13(4)12-19(6-2)7-3/h8-11,13,17H,5-7,12H2,1-4H3,(H,18,20). The van der Waals surface area contributed by atoms with Gasteiger partial charge in [-0.3, -0.25) is 4.79 Å². The van der Waals surface area contributed by atoms with Gasteiger partial charge in [-0.1, -0.05) is 13.8 Å². The zero-order chi connectivity index (χ0) is 15.0. The van der Waals surface area contributed by atoms with Crippen LogP contribution in [0.5, 0.6) is 0 Å². The van der Waals surface area contributed by atoms with E-state index >= 15 is 0 Å². The van der Waals surface area contributed by atoms with Crippen LogP contribution < -0.4 is 10.6 Å². The van der Waals surface area contributed by atoms with E-state index in [-0.39, 0.29) is 11.9 Å². The van der Waals surface area contributed by atoms with Crippen LogP contribution in [-0.4, -0.2) is 43.0 Å². The Kier molecular flexibility index (Phi) is 7.09. The third kappa shape index (κ3) is 5.21. The fraction of sp³-hybridized carbons (Fsp3) is 0.562. The van der Waals surface area contributed by atoms with E-state index < -0.39 is 0 Å². The Bertz CT molecular complexity index is 399. The van der Waals surface area contributed by atoms with Gasteiger partial charge in [0.2, 0.25) is 0 Å². The maximum atomic E-state index is 12.1. The van der Waals surface area contributed by atoms with Gasteiger partial charge >= 0.3 is 0 Å². The summed E-state index contributed by atoms with van der Waals surface area (Å²) in [5.41, 5.74) is 1.75. The first-order chi connectivity index (χ1) is 9.60. The largest absolute Gasteiger partial charge is 0.385 e. The minimum Gasteiger partial charge on any atom is -0.385 e. The van der Waals surface area contributed by atoms with Gasteiger partial charge in [0, 0.05) is 30.4 Å². The van der Waals surface area contributed by atoms with Gasteiger partial charge in [0.05, 0.1) is 0 Å². The maximum absolute atomic E-state index is 12.1. The lowest BCUT2D eigenvalue weighted by molar-refractivity contribution is 0.0930. The first kappa shape index (κ1) is 16.5. The van der Waals surface area contributed by atoms with Gasteiger partial charge in [-0.05, 0) is 51.2 Å². The lowest BCUT2D eigenvalue weighted by Gasteiger charge is -2.23. The summed E-state index contributed by atoms with van der Waals surface area (Å²) >= 11 is 0. The Morgan fingerprint density at radius 3 is 2.25 bits per heavy atom. The summed E-state index contributed by atoms with van der Waals surface area (Å²) in [4.78, 5) is 14.4. The monoisotopic (exact) mass is 277 g/mol. The van der Waals surface area contributed by atoms with Crippen molar-refractivity contribution in [2.45, 2.75) is 33.7 Å². The normalized spacial score (nSPS) is 12.2. The van der Waals surface area contributed by atoms with E-state index in [0.717, 1.165) is 31.9 Å². The minimum atomic E-state index is -0.00676. The van der Waals surface area contributed by atoms with Gasteiger partial charge in [0.15, 0.2) is 0 Å². The third-order valence-corrected chi connectivity index (χ3v) is 3.33. The number of hydrogen-bond acceptors (Lipinski definition) is 3. The lowest BCUT2D eigenvalue weighted by atomic mass is 10.1. The summed E-state index contributed by atoms with van der Waals surface area (Å²) < 4.78 is 0. The van der Waals surface area contributed by atoms with Crippen LogP contribution in [0, 0.1) is 0 Å². The van der Waals surface area contributed by atoms with Crippen molar-refractivity contribution in [3.8, 4) is 0 Å². The Balaban J connectivity index is 2.53. The summed E-state index contributed by atoms with van der Waals surface area (Å²) in [5.74, 6) is -0.00676. The van der Waals surface area contributed by atoms with Crippen molar-refractivity contribution in [2.75, 3.05) is 31.5 Å². The van der Waals surface area contributed by atoms with Crippen molar-refractivity contribution in [1.29, 1.82) is 0 Å². The zero-order valence-corrected chi connectivity index (χ0v) is 13.1. The smallest absolute Gasteiger partial charge is 0.251 e. The SMILES string of the molecule is CCNc1ccc(C(=O)NC(C)CN(CC)CC)cc1. The molecule has 0 radical (unpaired) electrons. The maximum Gasteiger partial charge on any atom is 0.251 e. The molecule has 0 spiro atoms. The molecule has 20 heavy (non-hydrogen) atoms. The molecular formula is C16H27N3O. The van der Waals surface area contributed by atoms with Crippen LogP contribution in [0.3, 0.4) is 0 Å². The van der Waals surface area contributed by atoms with Gasteiger partial charge in [-0.2, -0.15) is 0 Å². The molecule has 1 rings (SSSR count). The Morgan fingerprint density at radius 2 is 1.75 bits per heavy atom. The van der Waals surface area contributed by atoms with E-state index in [1.165, 1.54) is 0 Å². The molecule has 0 fully saturated rings. The predicted molar refractivity (Wildman–Crippen MR) is 85.3 cm³/mol. The highest BCUT2D eigenvalue weighted by atomic mass is 16.1. The molecule has 4 heteroatoms. The lowest BCUT2D eigenvalue weighted by Crippen LogP contribution is -2.41. The summed E-state index contributed by atoms with van der Waals surface area (Å²) in [5, 5.41) is 6.26. The zero-order valence-electron chi connectivity index (χ0n) is 13.1. The molecule has 0 aliphatic carbocycles. The van der Waals surface area contributed by atoms with Crippen molar-refractivity contribution >= 4 is 11.6 Å². The molecule has 112 valence electrons. The van der Waals surface area contributed by atoms with E-state index in [9.17, 15) is 4.79 Å². The van der Waals surface area contributed by atoms with Gasteiger partial charge in [0.25, 0.3) is 5.91 Å². The van der Waals surface area contributed by atoms with Crippen LogP contribution in [-0.2, 0) is 0 Å². The Labute approximate surface area is 122 Å². The molecule has 0 heterocycles. The summed E-state index contributed by atoms with van der Waals surface area (Å²) in [7, 11) is 0. The van der Waals surface area contributed by atoms with Gasteiger partial charge in [-0.15, -0.1) is 0 Å². The van der Waals surface area contributed by atoms with Crippen LogP contribution in [0.4, 0.5) is 5.69 Å². The number of nitrogens with zero attached hydrogens (tertiary/aromatic N) is 1. The second-order valence-electron chi connectivity index (χ2n) is 4.97. The number of benzene rings is 1. The minimum absolute atomic E-state index is 0.00676. The molecule has 4 nitrogen and oxygen atoms in total. The number of amides is 1. The first-order valence-electron chi connectivity index (χ1n) is 7.47. The molecule has 2 N–H and O–H groups in total. The molecular weight excluding hydrogens is 250 g/mol. The molecule has 0 aliphatic heterocycles. The topological polar surface area (TPSA) is 44.4 Å². The highest BCUT2D eigenvalue weighted by Crippen LogP contribution is 2.09. The van der Waals surface area contributed by atoms with Crippen LogP contribution in [0.15, 0.2) is 24.3 Å². The van der Waals surface area contributed by atoms with Crippen molar-refractivity contribution in [3.05, 3.63) is 29.8 Å².